The van der Waals surface area contributed by atoms with Gasteiger partial charge in [-0.05, 0) is 43.2 Å². The highest BCUT2D eigenvalue weighted by Gasteiger charge is 2.24. The number of nitrogens with zero attached hydrogens (tertiary/aromatic N) is 1. The Labute approximate surface area is 128 Å². The Kier molecular flexibility index (Phi) is 4.50. The van der Waals surface area contributed by atoms with Crippen molar-refractivity contribution >= 4 is 17.2 Å². The number of rotatable bonds is 4. The number of ether oxygens (including phenoxy) is 1. The second-order valence-electron chi connectivity index (χ2n) is 5.24. The van der Waals surface area contributed by atoms with Gasteiger partial charge in [-0.1, -0.05) is 6.07 Å². The molecular formula is C16H18N2O2S. The van der Waals surface area contributed by atoms with Gasteiger partial charge in [-0.25, -0.2) is 4.98 Å². The number of pyridine rings is 1. The quantitative estimate of drug-likeness (QED) is 0.943. The molecule has 1 aliphatic rings. The van der Waals surface area contributed by atoms with Crippen LogP contribution in [-0.4, -0.2) is 23.0 Å². The topological polar surface area (TPSA) is 51.2 Å². The van der Waals surface area contributed by atoms with Crippen LogP contribution in [0, 0.1) is 0 Å². The number of carbonyl (C=O) groups is 1. The number of aromatic nitrogens is 1. The van der Waals surface area contributed by atoms with Crippen LogP contribution in [0.3, 0.4) is 0 Å². The summed E-state index contributed by atoms with van der Waals surface area (Å²) in [7, 11) is 0. The van der Waals surface area contributed by atoms with Crippen LogP contribution in [0.2, 0.25) is 0 Å². The van der Waals surface area contributed by atoms with Crippen molar-refractivity contribution in [2.45, 2.75) is 37.8 Å². The van der Waals surface area contributed by atoms with Crippen molar-refractivity contribution in [1.82, 2.24) is 10.3 Å². The highest BCUT2D eigenvalue weighted by molar-refractivity contribution is 7.08. The van der Waals surface area contributed by atoms with Crippen LogP contribution in [0.5, 0.6) is 5.88 Å². The number of thiophene rings is 1. The maximum Gasteiger partial charge on any atom is 0.252 e. The van der Waals surface area contributed by atoms with Gasteiger partial charge in [-0.2, -0.15) is 11.3 Å². The summed E-state index contributed by atoms with van der Waals surface area (Å²) in [5.41, 5.74) is 0.756. The number of carbonyl (C=O) groups excluding carboxylic acids is 1. The lowest BCUT2D eigenvalue weighted by molar-refractivity contribution is 0.0890. The van der Waals surface area contributed by atoms with Gasteiger partial charge in [0.05, 0.1) is 0 Å². The number of amides is 1. The standard InChI is InChI=1S/C16H18N2O2S/c19-16(12-8-10-21-11-12)18-13-4-6-14(7-5-13)20-15-3-1-2-9-17-15/h1-3,8-11,13-14H,4-7H2,(H,18,19). The highest BCUT2D eigenvalue weighted by atomic mass is 32.1. The first-order valence-electron chi connectivity index (χ1n) is 7.22. The third-order valence-electron chi connectivity index (χ3n) is 3.72. The molecule has 0 aliphatic heterocycles. The number of hydrogen-bond acceptors (Lipinski definition) is 4. The van der Waals surface area contributed by atoms with Gasteiger partial charge in [0.15, 0.2) is 0 Å². The van der Waals surface area contributed by atoms with Crippen LogP contribution in [-0.2, 0) is 0 Å². The Hall–Kier alpha value is -1.88. The molecule has 1 saturated carbocycles. The fraction of sp³-hybridized carbons (Fsp3) is 0.375. The fourth-order valence-corrected chi connectivity index (χ4v) is 3.21. The Morgan fingerprint density at radius 2 is 2.10 bits per heavy atom. The monoisotopic (exact) mass is 302 g/mol. The van der Waals surface area contributed by atoms with Crippen LogP contribution in [0.15, 0.2) is 41.2 Å². The van der Waals surface area contributed by atoms with E-state index >= 15 is 0 Å². The molecule has 110 valence electrons. The zero-order valence-electron chi connectivity index (χ0n) is 11.7. The highest BCUT2D eigenvalue weighted by Crippen LogP contribution is 2.23. The predicted octanol–water partition coefficient (Wildman–Crippen LogP) is 3.26. The molecule has 2 aromatic heterocycles. The molecule has 0 bridgehead atoms. The van der Waals surface area contributed by atoms with E-state index in [1.165, 1.54) is 0 Å². The first kappa shape index (κ1) is 14.1. The number of hydrogen-bond donors (Lipinski definition) is 1. The first-order valence-corrected chi connectivity index (χ1v) is 8.16. The Bertz CT molecular complexity index is 563. The van der Waals surface area contributed by atoms with E-state index in [9.17, 15) is 4.79 Å². The minimum atomic E-state index is 0.0327. The molecule has 0 spiro atoms. The summed E-state index contributed by atoms with van der Waals surface area (Å²) in [6.07, 6.45) is 5.74. The average Bonchev–Trinajstić information content (AvgIpc) is 3.05. The lowest BCUT2D eigenvalue weighted by atomic mass is 9.93. The molecule has 1 N–H and O–H groups in total. The minimum absolute atomic E-state index is 0.0327. The largest absolute Gasteiger partial charge is 0.474 e. The molecule has 21 heavy (non-hydrogen) atoms. The molecule has 3 rings (SSSR count). The van der Waals surface area contributed by atoms with Gasteiger partial charge in [-0.3, -0.25) is 4.79 Å². The molecule has 1 amide bonds. The smallest absolute Gasteiger partial charge is 0.252 e. The van der Waals surface area contributed by atoms with Gasteiger partial charge in [-0.15, -0.1) is 0 Å². The summed E-state index contributed by atoms with van der Waals surface area (Å²) < 4.78 is 5.86. The van der Waals surface area contributed by atoms with E-state index in [4.69, 9.17) is 4.74 Å². The molecule has 2 heterocycles. The lowest BCUT2D eigenvalue weighted by Gasteiger charge is -2.29. The number of nitrogens with one attached hydrogen (secondary N) is 1. The van der Waals surface area contributed by atoms with Gasteiger partial charge in [0.1, 0.15) is 6.10 Å². The summed E-state index contributed by atoms with van der Waals surface area (Å²) in [6.45, 7) is 0. The normalized spacial score (nSPS) is 21.7. The van der Waals surface area contributed by atoms with Gasteiger partial charge < -0.3 is 10.1 Å². The molecule has 0 unspecified atom stereocenters. The summed E-state index contributed by atoms with van der Waals surface area (Å²) in [6, 6.07) is 7.79. The van der Waals surface area contributed by atoms with Crippen molar-refractivity contribution in [3.8, 4) is 5.88 Å². The van der Waals surface area contributed by atoms with Crippen molar-refractivity contribution in [2.75, 3.05) is 0 Å². The summed E-state index contributed by atoms with van der Waals surface area (Å²) >= 11 is 1.54. The second kappa shape index (κ2) is 6.72. The van der Waals surface area contributed by atoms with Crippen molar-refractivity contribution < 1.29 is 9.53 Å². The summed E-state index contributed by atoms with van der Waals surface area (Å²) in [5, 5.41) is 6.91. The van der Waals surface area contributed by atoms with Crippen LogP contribution >= 0.6 is 11.3 Å². The third kappa shape index (κ3) is 3.82. The molecule has 0 atom stereocenters. The Morgan fingerprint density at radius 3 is 2.76 bits per heavy atom. The van der Waals surface area contributed by atoms with E-state index in [0.29, 0.717) is 5.88 Å². The van der Waals surface area contributed by atoms with Crippen molar-refractivity contribution in [1.29, 1.82) is 0 Å². The molecular weight excluding hydrogens is 284 g/mol. The van der Waals surface area contributed by atoms with Gasteiger partial charge >= 0.3 is 0 Å². The SMILES string of the molecule is O=C(NC1CCC(Oc2ccccn2)CC1)c1ccsc1. The lowest BCUT2D eigenvalue weighted by Crippen LogP contribution is -2.39. The maximum atomic E-state index is 12.0. The summed E-state index contributed by atoms with van der Waals surface area (Å²) in [4.78, 5) is 16.2. The zero-order valence-corrected chi connectivity index (χ0v) is 12.5. The van der Waals surface area contributed by atoms with Crippen LogP contribution in [0.4, 0.5) is 0 Å². The van der Waals surface area contributed by atoms with Crippen molar-refractivity contribution in [2.24, 2.45) is 0 Å². The van der Waals surface area contributed by atoms with E-state index in [1.807, 2.05) is 35.0 Å². The maximum absolute atomic E-state index is 12.0. The van der Waals surface area contributed by atoms with Gasteiger partial charge in [0, 0.05) is 29.2 Å². The van der Waals surface area contributed by atoms with E-state index in [0.717, 1.165) is 31.2 Å². The minimum Gasteiger partial charge on any atom is -0.474 e. The fourth-order valence-electron chi connectivity index (χ4n) is 2.57. The van der Waals surface area contributed by atoms with Crippen molar-refractivity contribution in [3.05, 3.63) is 46.8 Å². The van der Waals surface area contributed by atoms with E-state index in [2.05, 4.69) is 10.3 Å². The zero-order chi connectivity index (χ0) is 14.5. The molecule has 1 fully saturated rings. The molecule has 2 aromatic rings. The first-order chi connectivity index (χ1) is 10.3. The molecule has 1 aliphatic carbocycles. The average molecular weight is 302 g/mol. The van der Waals surface area contributed by atoms with Crippen LogP contribution in [0.25, 0.3) is 0 Å². The molecule has 5 heteroatoms. The van der Waals surface area contributed by atoms with E-state index in [-0.39, 0.29) is 18.1 Å². The predicted molar refractivity (Wildman–Crippen MR) is 82.7 cm³/mol. The molecule has 0 radical (unpaired) electrons. The van der Waals surface area contributed by atoms with E-state index in [1.54, 1.807) is 17.5 Å². The van der Waals surface area contributed by atoms with Gasteiger partial charge in [0.2, 0.25) is 5.88 Å². The molecule has 0 saturated heterocycles. The van der Waals surface area contributed by atoms with Crippen molar-refractivity contribution in [3.63, 3.8) is 0 Å². The van der Waals surface area contributed by atoms with E-state index < -0.39 is 0 Å². The van der Waals surface area contributed by atoms with Crippen LogP contribution < -0.4 is 10.1 Å². The second-order valence-corrected chi connectivity index (χ2v) is 6.02. The molecule has 4 nitrogen and oxygen atoms in total. The van der Waals surface area contributed by atoms with Gasteiger partial charge in [0.25, 0.3) is 5.91 Å². The Morgan fingerprint density at radius 1 is 1.24 bits per heavy atom. The summed E-state index contributed by atoms with van der Waals surface area (Å²) in [5.74, 6) is 0.716. The molecule has 0 aromatic carbocycles. The van der Waals surface area contributed by atoms with Crippen LogP contribution in [0.1, 0.15) is 36.0 Å². The Balaban J connectivity index is 1.46. The third-order valence-corrected chi connectivity index (χ3v) is 4.40.